The fourth-order valence-corrected chi connectivity index (χ4v) is 3.30. The number of benzene rings is 1. The number of piperazine rings is 1. The lowest BCUT2D eigenvalue weighted by Gasteiger charge is -2.35. The molecular formula is C20H18F6N2O. The summed E-state index contributed by atoms with van der Waals surface area (Å²) < 4.78 is 78.0. The summed E-state index contributed by atoms with van der Waals surface area (Å²) in [5.74, 6) is 0. The van der Waals surface area contributed by atoms with E-state index in [9.17, 15) is 31.1 Å². The van der Waals surface area contributed by atoms with Crippen LogP contribution in [0.1, 0.15) is 16.7 Å². The van der Waals surface area contributed by atoms with Gasteiger partial charge in [-0.05, 0) is 35.9 Å². The molecule has 29 heavy (non-hydrogen) atoms. The van der Waals surface area contributed by atoms with E-state index < -0.39 is 23.5 Å². The molecule has 0 aliphatic carbocycles. The number of rotatable bonds is 3. The highest BCUT2D eigenvalue weighted by Gasteiger charge is 2.37. The zero-order chi connectivity index (χ0) is 21.2. The summed E-state index contributed by atoms with van der Waals surface area (Å²) in [6.45, 7) is 1.69. The third-order valence-electron chi connectivity index (χ3n) is 4.74. The molecule has 0 radical (unpaired) electrons. The molecule has 1 heterocycles. The van der Waals surface area contributed by atoms with Crippen molar-refractivity contribution >= 4 is 5.69 Å². The first-order valence-electron chi connectivity index (χ1n) is 8.89. The van der Waals surface area contributed by atoms with Gasteiger partial charge in [-0.3, -0.25) is 9.69 Å². The first-order valence-corrected chi connectivity index (χ1v) is 8.89. The van der Waals surface area contributed by atoms with Crippen LogP contribution in [0.5, 0.6) is 0 Å². The van der Waals surface area contributed by atoms with Crippen molar-refractivity contribution in [2.24, 2.45) is 0 Å². The Hall–Kier alpha value is -2.55. The van der Waals surface area contributed by atoms with Gasteiger partial charge in [-0.15, -0.1) is 0 Å². The van der Waals surface area contributed by atoms with E-state index in [4.69, 9.17) is 0 Å². The van der Waals surface area contributed by atoms with Gasteiger partial charge in [0.2, 0.25) is 5.43 Å². The molecule has 2 aromatic carbocycles. The van der Waals surface area contributed by atoms with Crippen molar-refractivity contribution in [1.82, 2.24) is 4.90 Å². The van der Waals surface area contributed by atoms with Gasteiger partial charge in [-0.25, -0.2) is 0 Å². The molecule has 0 N–H and O–H groups in total. The van der Waals surface area contributed by atoms with Crippen LogP contribution in [-0.4, -0.2) is 31.1 Å². The van der Waals surface area contributed by atoms with Crippen molar-refractivity contribution in [3.8, 4) is 0 Å². The standard InChI is InChI=1S/C20H18F6N2O/c21-19(22,23)15-10-14(11-16(12-15)20(24,25)26)13-27-6-8-28(9-7-27)17-4-2-1-3-5-18(17)29/h1-5,10-12H,6-9,13H2. The van der Waals surface area contributed by atoms with Crippen molar-refractivity contribution < 1.29 is 26.3 Å². The van der Waals surface area contributed by atoms with E-state index in [1.54, 1.807) is 29.2 Å². The summed E-state index contributed by atoms with van der Waals surface area (Å²) in [5.41, 5.74) is -2.29. The van der Waals surface area contributed by atoms with E-state index in [0.717, 1.165) is 12.1 Å². The van der Waals surface area contributed by atoms with Gasteiger partial charge in [0.15, 0.2) is 0 Å². The van der Waals surface area contributed by atoms with E-state index in [-0.39, 0.29) is 23.6 Å². The monoisotopic (exact) mass is 416 g/mol. The summed E-state index contributed by atoms with van der Waals surface area (Å²) in [4.78, 5) is 15.7. The largest absolute Gasteiger partial charge is 0.416 e. The van der Waals surface area contributed by atoms with E-state index in [1.165, 1.54) is 6.07 Å². The normalized spacial score (nSPS) is 16.1. The van der Waals surface area contributed by atoms with Crippen LogP contribution >= 0.6 is 0 Å². The number of hydrogen-bond donors (Lipinski definition) is 0. The van der Waals surface area contributed by atoms with Crippen molar-refractivity contribution in [3.63, 3.8) is 0 Å². The van der Waals surface area contributed by atoms with Crippen LogP contribution in [0.4, 0.5) is 32.0 Å². The first-order chi connectivity index (χ1) is 13.5. The lowest BCUT2D eigenvalue weighted by atomic mass is 10.0. The highest BCUT2D eigenvalue weighted by Crippen LogP contribution is 2.36. The molecular weight excluding hydrogens is 398 g/mol. The lowest BCUT2D eigenvalue weighted by molar-refractivity contribution is -0.143. The Morgan fingerprint density at radius 3 is 1.86 bits per heavy atom. The van der Waals surface area contributed by atoms with Crippen molar-refractivity contribution in [1.29, 1.82) is 0 Å². The zero-order valence-corrected chi connectivity index (χ0v) is 15.2. The molecule has 0 aromatic heterocycles. The van der Waals surface area contributed by atoms with Gasteiger partial charge in [0.05, 0.1) is 16.8 Å². The molecule has 3 rings (SSSR count). The second-order valence-electron chi connectivity index (χ2n) is 6.84. The molecule has 0 saturated carbocycles. The number of halogens is 6. The number of nitrogens with zero attached hydrogens (tertiary/aromatic N) is 2. The highest BCUT2D eigenvalue weighted by atomic mass is 19.4. The third kappa shape index (κ3) is 5.29. The average Bonchev–Trinajstić information content (AvgIpc) is 2.85. The Morgan fingerprint density at radius 2 is 1.31 bits per heavy atom. The molecule has 0 spiro atoms. The van der Waals surface area contributed by atoms with Crippen molar-refractivity contribution in [3.05, 3.63) is 75.4 Å². The van der Waals surface area contributed by atoms with Gasteiger partial charge in [0, 0.05) is 32.7 Å². The minimum Gasteiger partial charge on any atom is -0.366 e. The van der Waals surface area contributed by atoms with E-state index in [2.05, 4.69) is 0 Å². The minimum atomic E-state index is -4.86. The molecule has 0 bridgehead atoms. The molecule has 1 aliphatic rings. The Balaban J connectivity index is 1.75. The Bertz CT molecular complexity index is 885. The van der Waals surface area contributed by atoms with Crippen LogP contribution in [0.25, 0.3) is 0 Å². The van der Waals surface area contributed by atoms with E-state index in [0.29, 0.717) is 31.9 Å². The maximum absolute atomic E-state index is 13.0. The van der Waals surface area contributed by atoms with Crippen molar-refractivity contribution in [2.45, 2.75) is 18.9 Å². The van der Waals surface area contributed by atoms with Crippen LogP contribution in [0.15, 0.2) is 53.3 Å². The molecule has 0 unspecified atom stereocenters. The summed E-state index contributed by atoms with van der Waals surface area (Å²) in [7, 11) is 0. The van der Waals surface area contributed by atoms with Crippen molar-refractivity contribution in [2.75, 3.05) is 31.1 Å². The summed E-state index contributed by atoms with van der Waals surface area (Å²) in [6, 6.07) is 9.89. The maximum Gasteiger partial charge on any atom is 0.416 e. The molecule has 0 amide bonds. The Morgan fingerprint density at radius 1 is 0.759 bits per heavy atom. The Kier molecular flexibility index (Phi) is 5.88. The lowest BCUT2D eigenvalue weighted by Crippen LogP contribution is -2.47. The number of anilines is 1. The summed E-state index contributed by atoms with van der Waals surface area (Å²) >= 11 is 0. The average molecular weight is 416 g/mol. The van der Waals surface area contributed by atoms with Crippen LogP contribution in [0, 0.1) is 0 Å². The molecule has 2 aromatic rings. The molecule has 9 heteroatoms. The van der Waals surface area contributed by atoms with Gasteiger partial charge in [-0.1, -0.05) is 18.2 Å². The van der Waals surface area contributed by atoms with Gasteiger partial charge >= 0.3 is 12.4 Å². The van der Waals surface area contributed by atoms with E-state index >= 15 is 0 Å². The van der Waals surface area contributed by atoms with Crippen LogP contribution in [-0.2, 0) is 18.9 Å². The van der Waals surface area contributed by atoms with Gasteiger partial charge in [0.25, 0.3) is 0 Å². The molecule has 1 saturated heterocycles. The Labute approximate surface area is 163 Å². The SMILES string of the molecule is O=c1cccccc1N1CCN(Cc2cc(C(F)(F)F)cc(C(F)(F)F)c2)CC1. The predicted octanol–water partition coefficient (Wildman–Crippen LogP) is 4.41. The molecule has 0 atom stereocenters. The quantitative estimate of drug-likeness (QED) is 0.693. The first kappa shape index (κ1) is 21.2. The van der Waals surface area contributed by atoms with Crippen LogP contribution in [0.3, 0.4) is 0 Å². The summed E-state index contributed by atoms with van der Waals surface area (Å²) in [6.07, 6.45) is -9.72. The maximum atomic E-state index is 13.0. The van der Waals surface area contributed by atoms with Gasteiger partial charge < -0.3 is 4.90 Å². The molecule has 3 nitrogen and oxygen atoms in total. The third-order valence-corrected chi connectivity index (χ3v) is 4.74. The second kappa shape index (κ2) is 8.06. The van der Waals surface area contributed by atoms with Crippen LogP contribution in [0.2, 0.25) is 0 Å². The molecule has 1 fully saturated rings. The fourth-order valence-electron chi connectivity index (χ4n) is 3.30. The van der Waals surface area contributed by atoms with Gasteiger partial charge in [-0.2, -0.15) is 26.3 Å². The number of alkyl halides is 6. The number of hydrogen-bond acceptors (Lipinski definition) is 3. The zero-order valence-electron chi connectivity index (χ0n) is 15.2. The molecule has 156 valence electrons. The smallest absolute Gasteiger partial charge is 0.366 e. The van der Waals surface area contributed by atoms with Gasteiger partial charge in [0.1, 0.15) is 0 Å². The molecule has 1 aliphatic heterocycles. The highest BCUT2D eigenvalue weighted by molar-refractivity contribution is 5.45. The fraction of sp³-hybridized carbons (Fsp3) is 0.350. The minimum absolute atomic E-state index is 0.0341. The summed E-state index contributed by atoms with van der Waals surface area (Å²) in [5, 5.41) is 0. The van der Waals surface area contributed by atoms with Crippen LogP contribution < -0.4 is 10.3 Å². The van der Waals surface area contributed by atoms with E-state index in [1.807, 2.05) is 4.90 Å². The second-order valence-corrected chi connectivity index (χ2v) is 6.84. The predicted molar refractivity (Wildman–Crippen MR) is 96.6 cm³/mol. The topological polar surface area (TPSA) is 23.6 Å².